The molecule has 0 bridgehead atoms. The average Bonchev–Trinajstić information content (AvgIpc) is 2.94. The van der Waals surface area contributed by atoms with Crippen LogP contribution in [-0.4, -0.2) is 61.8 Å². The van der Waals surface area contributed by atoms with Crippen molar-refractivity contribution in [2.75, 3.05) is 0 Å². The van der Waals surface area contributed by atoms with Gasteiger partial charge in [0.25, 0.3) is 6.29 Å². The highest BCUT2D eigenvalue weighted by Crippen LogP contribution is 2.31. The molecule has 8 nitrogen and oxygen atoms in total. The number of carboxylic acids is 1. The summed E-state index contributed by atoms with van der Waals surface area (Å²) >= 11 is 12.1. The van der Waals surface area contributed by atoms with E-state index in [1.165, 1.54) is 6.20 Å². The minimum atomic E-state index is -1.79. The van der Waals surface area contributed by atoms with Crippen LogP contribution in [0.5, 0.6) is 0 Å². The van der Waals surface area contributed by atoms with Crippen LogP contribution in [0, 0.1) is 0 Å². The Labute approximate surface area is 145 Å². The van der Waals surface area contributed by atoms with Gasteiger partial charge in [-0.1, -0.05) is 29.3 Å². The molecular formula is C14H13Cl2NO7. The fourth-order valence-electron chi connectivity index (χ4n) is 2.47. The Kier molecular flexibility index (Phi) is 4.60. The second kappa shape index (κ2) is 6.40. The van der Waals surface area contributed by atoms with Gasteiger partial charge in [0.2, 0.25) is 0 Å². The molecule has 10 heteroatoms. The number of aliphatic hydroxyl groups is 3. The van der Waals surface area contributed by atoms with Gasteiger partial charge >= 0.3 is 5.97 Å². The summed E-state index contributed by atoms with van der Waals surface area (Å²) in [4.78, 5) is 16.5. The van der Waals surface area contributed by atoms with Crippen LogP contribution in [0.15, 0.2) is 24.4 Å². The van der Waals surface area contributed by atoms with Crippen molar-refractivity contribution < 1.29 is 34.8 Å². The molecule has 1 saturated heterocycles. The quantitative estimate of drug-likeness (QED) is 0.605. The first-order valence-corrected chi connectivity index (χ1v) is 7.61. The zero-order chi connectivity index (χ0) is 17.6. The Balaban J connectivity index is 1.93. The molecule has 4 N–H and O–H groups in total. The van der Waals surface area contributed by atoms with Gasteiger partial charge in [-0.05, 0) is 12.1 Å². The number of nitrogens with zero attached hydrogens (tertiary/aromatic N) is 1. The molecule has 2 heterocycles. The molecule has 1 fully saturated rings. The minimum absolute atomic E-state index is 0.194. The highest BCUT2D eigenvalue weighted by atomic mass is 35.5. The van der Waals surface area contributed by atoms with Crippen molar-refractivity contribution in [3.05, 3.63) is 34.4 Å². The summed E-state index contributed by atoms with van der Waals surface area (Å²) in [6, 6.07) is 4.95. The summed E-state index contributed by atoms with van der Waals surface area (Å²) in [5.41, 5.74) is 0.382. The van der Waals surface area contributed by atoms with Crippen molar-refractivity contribution in [1.82, 2.24) is 4.73 Å². The first-order chi connectivity index (χ1) is 11.3. The number of hydrogen-bond donors (Lipinski definition) is 4. The summed E-state index contributed by atoms with van der Waals surface area (Å²) in [6.45, 7) is 0. The van der Waals surface area contributed by atoms with Crippen LogP contribution in [0.1, 0.15) is 0 Å². The maximum Gasteiger partial charge on any atom is 0.335 e. The van der Waals surface area contributed by atoms with Crippen molar-refractivity contribution in [3.63, 3.8) is 0 Å². The molecule has 130 valence electrons. The van der Waals surface area contributed by atoms with E-state index in [-0.39, 0.29) is 10.0 Å². The standard InChI is InChI=1S/C14H13Cl2NO7/c15-6-2-1-5-3-4-17(8(5)7(6)16)24-14-11(20)9(18)10(19)12(23-14)13(21)22/h1-4,9-12,14,18-20H,(H,21,22)/t9-,10-,11+,12-,14-/m0/s1. The zero-order valence-electron chi connectivity index (χ0n) is 11.9. The molecule has 24 heavy (non-hydrogen) atoms. The molecule has 0 radical (unpaired) electrons. The number of fused-ring (bicyclic) bond motifs is 1. The van der Waals surface area contributed by atoms with Crippen molar-refractivity contribution in [2.24, 2.45) is 0 Å². The van der Waals surface area contributed by atoms with E-state index in [0.29, 0.717) is 10.9 Å². The number of benzene rings is 1. The van der Waals surface area contributed by atoms with E-state index in [1.807, 2.05) is 0 Å². The van der Waals surface area contributed by atoms with Gasteiger partial charge < -0.3 is 30.0 Å². The SMILES string of the molecule is O=C(O)[C@H]1O[C@@H](On2ccc3ccc(Cl)c(Cl)c32)[C@H](O)[C@@H](O)[C@@H]1O. The summed E-state index contributed by atoms with van der Waals surface area (Å²) in [5.74, 6) is -1.50. The molecule has 2 aromatic rings. The van der Waals surface area contributed by atoms with Crippen molar-refractivity contribution in [3.8, 4) is 0 Å². The summed E-state index contributed by atoms with van der Waals surface area (Å²) < 4.78 is 6.21. The Morgan fingerprint density at radius 1 is 1.12 bits per heavy atom. The molecule has 1 aromatic carbocycles. The van der Waals surface area contributed by atoms with Crippen LogP contribution in [0.4, 0.5) is 0 Å². The lowest BCUT2D eigenvalue weighted by atomic mass is 9.99. The second-order valence-electron chi connectivity index (χ2n) is 5.28. The predicted octanol–water partition coefficient (Wildman–Crippen LogP) is 0.269. The molecule has 0 amide bonds. The van der Waals surface area contributed by atoms with Crippen molar-refractivity contribution in [2.45, 2.75) is 30.7 Å². The number of rotatable bonds is 3. The summed E-state index contributed by atoms with van der Waals surface area (Å²) in [7, 11) is 0. The Morgan fingerprint density at radius 3 is 2.50 bits per heavy atom. The van der Waals surface area contributed by atoms with E-state index >= 15 is 0 Å². The van der Waals surface area contributed by atoms with Gasteiger partial charge in [0.05, 0.1) is 10.0 Å². The van der Waals surface area contributed by atoms with Crippen molar-refractivity contribution >= 4 is 40.1 Å². The van der Waals surface area contributed by atoms with E-state index in [2.05, 4.69) is 0 Å². The van der Waals surface area contributed by atoms with Gasteiger partial charge in [0.15, 0.2) is 6.10 Å². The Hall–Kier alpha value is -1.55. The molecule has 0 spiro atoms. The van der Waals surface area contributed by atoms with Gasteiger partial charge in [-0.25, -0.2) is 4.79 Å². The molecule has 5 atom stereocenters. The third-order valence-corrected chi connectivity index (χ3v) is 4.53. The second-order valence-corrected chi connectivity index (χ2v) is 6.07. The lowest BCUT2D eigenvalue weighted by Crippen LogP contribution is -2.62. The molecule has 0 unspecified atom stereocenters. The first-order valence-electron chi connectivity index (χ1n) is 6.86. The van der Waals surface area contributed by atoms with Crippen LogP contribution < -0.4 is 4.84 Å². The molecule has 1 aliphatic rings. The molecule has 1 aliphatic heterocycles. The minimum Gasteiger partial charge on any atom is -0.479 e. The molecule has 0 saturated carbocycles. The van der Waals surface area contributed by atoms with Crippen molar-refractivity contribution in [1.29, 1.82) is 0 Å². The number of aliphatic hydroxyl groups excluding tert-OH is 3. The van der Waals surface area contributed by atoms with E-state index in [0.717, 1.165) is 4.73 Å². The van der Waals surface area contributed by atoms with Crippen LogP contribution in [-0.2, 0) is 9.53 Å². The largest absolute Gasteiger partial charge is 0.479 e. The molecule has 3 rings (SSSR count). The van der Waals surface area contributed by atoms with Gasteiger partial charge in [-0.3, -0.25) is 0 Å². The zero-order valence-corrected chi connectivity index (χ0v) is 13.4. The van der Waals surface area contributed by atoms with Crippen LogP contribution in [0.25, 0.3) is 10.9 Å². The Morgan fingerprint density at radius 2 is 1.83 bits per heavy atom. The number of aromatic nitrogens is 1. The van der Waals surface area contributed by atoms with Gasteiger partial charge in [-0.2, -0.15) is 4.73 Å². The Bertz CT molecular complexity index is 780. The predicted molar refractivity (Wildman–Crippen MR) is 82.9 cm³/mol. The average molecular weight is 378 g/mol. The van der Waals surface area contributed by atoms with Gasteiger partial charge in [0, 0.05) is 11.6 Å². The van der Waals surface area contributed by atoms with E-state index in [1.54, 1.807) is 18.2 Å². The number of carboxylic acid groups (broad SMARTS) is 1. The number of hydrogen-bond acceptors (Lipinski definition) is 6. The van der Waals surface area contributed by atoms with Crippen LogP contribution >= 0.6 is 23.2 Å². The molecule has 0 aliphatic carbocycles. The van der Waals surface area contributed by atoms with E-state index < -0.39 is 36.7 Å². The lowest BCUT2D eigenvalue weighted by molar-refractivity contribution is -0.292. The third-order valence-electron chi connectivity index (χ3n) is 3.74. The lowest BCUT2D eigenvalue weighted by Gasteiger charge is -2.38. The van der Waals surface area contributed by atoms with Gasteiger partial charge in [-0.15, -0.1) is 0 Å². The number of aliphatic carboxylic acids is 1. The molecule has 1 aromatic heterocycles. The monoisotopic (exact) mass is 377 g/mol. The van der Waals surface area contributed by atoms with E-state index in [9.17, 15) is 20.1 Å². The van der Waals surface area contributed by atoms with Gasteiger partial charge in [0.1, 0.15) is 23.8 Å². The first kappa shape index (κ1) is 17.3. The highest BCUT2D eigenvalue weighted by molar-refractivity contribution is 6.45. The third kappa shape index (κ3) is 2.81. The summed E-state index contributed by atoms with van der Waals surface area (Å²) in [6.07, 6.45) is -7.06. The smallest absolute Gasteiger partial charge is 0.335 e. The van der Waals surface area contributed by atoms with E-state index in [4.69, 9.17) is 37.9 Å². The number of halogens is 2. The molecular weight excluding hydrogens is 365 g/mol. The number of carbonyl (C=O) groups is 1. The van der Waals surface area contributed by atoms with Crippen LogP contribution in [0.2, 0.25) is 10.0 Å². The normalized spacial score (nSPS) is 30.5. The fourth-order valence-corrected chi connectivity index (χ4v) is 2.88. The summed E-state index contributed by atoms with van der Waals surface area (Å²) in [5, 5.41) is 39.6. The topological polar surface area (TPSA) is 121 Å². The van der Waals surface area contributed by atoms with Crippen LogP contribution in [0.3, 0.4) is 0 Å². The highest BCUT2D eigenvalue weighted by Gasteiger charge is 2.48. The number of ether oxygens (including phenoxy) is 1. The fraction of sp³-hybridized carbons (Fsp3) is 0.357. The maximum atomic E-state index is 11.1. The maximum absolute atomic E-state index is 11.1.